The lowest BCUT2D eigenvalue weighted by Gasteiger charge is -2.22. The van der Waals surface area contributed by atoms with Crippen LogP contribution in [0.4, 0.5) is 0 Å². The van der Waals surface area contributed by atoms with Crippen molar-refractivity contribution in [1.29, 1.82) is 0 Å². The number of ether oxygens (including phenoxy) is 2. The van der Waals surface area contributed by atoms with Crippen LogP contribution in [0.2, 0.25) is 0 Å². The number of methoxy groups -OCH3 is 1. The number of thiocarbonyl (C=S) groups is 1. The predicted molar refractivity (Wildman–Crippen MR) is 140 cm³/mol. The Kier molecular flexibility index (Phi) is 11.5. The second-order valence-corrected chi connectivity index (χ2v) is 10.1. The zero-order valence-corrected chi connectivity index (χ0v) is 22.0. The van der Waals surface area contributed by atoms with Crippen molar-refractivity contribution < 1.29 is 34.1 Å². The predicted octanol–water partition coefficient (Wildman–Crippen LogP) is 5.34. The molecule has 0 aliphatic carbocycles. The molecule has 8 nitrogen and oxygen atoms in total. The number of rotatable bonds is 15. The largest absolute Gasteiger partial charge is 0.493 e. The van der Waals surface area contributed by atoms with E-state index >= 15 is 0 Å². The van der Waals surface area contributed by atoms with E-state index in [2.05, 4.69) is 6.92 Å². The molecule has 2 N–H and O–H groups in total. The van der Waals surface area contributed by atoms with Crippen LogP contribution in [0.15, 0.2) is 23.1 Å². The molecule has 0 bridgehead atoms. The summed E-state index contributed by atoms with van der Waals surface area (Å²) in [6, 6.07) is 3.98. The smallest absolute Gasteiger partial charge is 0.326 e. The Hall–Kier alpha value is -2.59. The fraction of sp³-hybridized carbons (Fsp3) is 0.520. The Balaban J connectivity index is 2.11. The standard InChI is InChI=1S/C25H33NO7S2/c1-4-5-6-7-8-9-16(2)33-19-12-10-17(14-20(19)32-3)15-21-23(29)26(25(34)35-21)18(24(30)31)11-13-22(27)28/h10,12,14-16,18H,4-9,11,13H2,1-3H3,(H,27,28)(H,30,31). The van der Waals surface area contributed by atoms with Crippen molar-refractivity contribution in [3.05, 3.63) is 28.7 Å². The normalized spacial score (nSPS) is 16.4. The third kappa shape index (κ3) is 8.54. The molecular weight excluding hydrogens is 490 g/mol. The molecule has 0 saturated carbocycles. The molecular formula is C25H33NO7S2. The number of aliphatic carboxylic acids is 2. The maximum absolute atomic E-state index is 12.9. The molecule has 35 heavy (non-hydrogen) atoms. The van der Waals surface area contributed by atoms with Crippen LogP contribution in [0.5, 0.6) is 11.5 Å². The van der Waals surface area contributed by atoms with Crippen molar-refractivity contribution in [3.8, 4) is 11.5 Å². The van der Waals surface area contributed by atoms with Crippen molar-refractivity contribution in [2.75, 3.05) is 7.11 Å². The van der Waals surface area contributed by atoms with Crippen molar-refractivity contribution >= 4 is 52.2 Å². The molecule has 1 aliphatic rings. The van der Waals surface area contributed by atoms with E-state index in [9.17, 15) is 19.5 Å². The maximum atomic E-state index is 12.9. The molecule has 1 aromatic carbocycles. The van der Waals surface area contributed by atoms with Crippen LogP contribution in [0, 0.1) is 0 Å². The zero-order valence-electron chi connectivity index (χ0n) is 20.3. The van der Waals surface area contributed by atoms with Gasteiger partial charge in [0.25, 0.3) is 5.91 Å². The molecule has 1 saturated heterocycles. The third-order valence-electron chi connectivity index (χ3n) is 5.58. The van der Waals surface area contributed by atoms with Crippen LogP contribution in [0.1, 0.15) is 70.8 Å². The van der Waals surface area contributed by atoms with Gasteiger partial charge in [0.1, 0.15) is 10.4 Å². The highest BCUT2D eigenvalue weighted by Crippen LogP contribution is 2.36. The zero-order chi connectivity index (χ0) is 26.0. The summed E-state index contributed by atoms with van der Waals surface area (Å²) in [6.07, 6.45) is 7.97. The second kappa shape index (κ2) is 14.1. The first-order valence-electron chi connectivity index (χ1n) is 11.7. The van der Waals surface area contributed by atoms with Crippen LogP contribution in [-0.4, -0.2) is 56.5 Å². The van der Waals surface area contributed by atoms with E-state index in [1.165, 1.54) is 25.7 Å². The topological polar surface area (TPSA) is 113 Å². The van der Waals surface area contributed by atoms with E-state index in [-0.39, 0.29) is 28.2 Å². The average Bonchev–Trinajstić information content (AvgIpc) is 3.07. The summed E-state index contributed by atoms with van der Waals surface area (Å²) < 4.78 is 11.6. The van der Waals surface area contributed by atoms with Crippen molar-refractivity contribution in [2.45, 2.75) is 77.4 Å². The fourth-order valence-electron chi connectivity index (χ4n) is 3.71. The van der Waals surface area contributed by atoms with Gasteiger partial charge in [-0.1, -0.05) is 62.7 Å². The molecule has 1 amide bonds. The van der Waals surface area contributed by atoms with Gasteiger partial charge in [-0.25, -0.2) is 4.79 Å². The molecule has 192 valence electrons. The third-order valence-corrected chi connectivity index (χ3v) is 6.91. The summed E-state index contributed by atoms with van der Waals surface area (Å²) in [6.45, 7) is 4.22. The van der Waals surface area contributed by atoms with E-state index in [0.29, 0.717) is 17.1 Å². The highest BCUT2D eigenvalue weighted by molar-refractivity contribution is 8.26. The number of carbonyl (C=O) groups excluding carboxylic acids is 1. The van der Waals surface area contributed by atoms with Crippen LogP contribution < -0.4 is 9.47 Å². The summed E-state index contributed by atoms with van der Waals surface area (Å²) in [4.78, 5) is 36.7. The molecule has 0 aromatic heterocycles. The highest BCUT2D eigenvalue weighted by Gasteiger charge is 2.40. The Bertz CT molecular complexity index is 963. The molecule has 2 unspecified atom stereocenters. The number of nitrogens with zero attached hydrogens (tertiary/aromatic N) is 1. The van der Waals surface area contributed by atoms with Crippen LogP contribution >= 0.6 is 24.0 Å². The molecule has 1 aliphatic heterocycles. The molecule has 2 atom stereocenters. The summed E-state index contributed by atoms with van der Waals surface area (Å²) >= 11 is 6.22. The SMILES string of the molecule is CCCCCCCC(C)Oc1ccc(C=C2SC(=S)N(C(CCC(=O)O)C(=O)O)C2=O)cc1OC. The first-order valence-corrected chi connectivity index (χ1v) is 13.0. The number of carbonyl (C=O) groups is 3. The van der Waals surface area contributed by atoms with E-state index in [4.69, 9.17) is 26.8 Å². The second-order valence-electron chi connectivity index (χ2n) is 8.38. The van der Waals surface area contributed by atoms with E-state index in [0.717, 1.165) is 29.5 Å². The molecule has 10 heteroatoms. The van der Waals surface area contributed by atoms with Crippen LogP contribution in [-0.2, 0) is 14.4 Å². The average molecular weight is 524 g/mol. The summed E-state index contributed by atoms with van der Waals surface area (Å²) in [5.41, 5.74) is 0.666. The molecule has 0 spiro atoms. The first-order chi connectivity index (χ1) is 16.7. The number of hydrogen-bond donors (Lipinski definition) is 2. The van der Waals surface area contributed by atoms with Gasteiger partial charge in [-0.2, -0.15) is 0 Å². The molecule has 1 fully saturated rings. The Morgan fingerprint density at radius 3 is 2.49 bits per heavy atom. The van der Waals surface area contributed by atoms with Gasteiger partial charge in [0, 0.05) is 6.42 Å². The first kappa shape index (κ1) is 28.6. The summed E-state index contributed by atoms with van der Waals surface area (Å²) in [5.74, 6) is -1.87. The van der Waals surface area contributed by atoms with Gasteiger partial charge < -0.3 is 19.7 Å². The van der Waals surface area contributed by atoms with Gasteiger partial charge >= 0.3 is 11.9 Å². The van der Waals surface area contributed by atoms with Gasteiger partial charge in [-0.05, 0) is 50.0 Å². The van der Waals surface area contributed by atoms with Crippen LogP contribution in [0.3, 0.4) is 0 Å². The quantitative estimate of drug-likeness (QED) is 0.179. The highest BCUT2D eigenvalue weighted by atomic mass is 32.2. The number of hydrogen-bond acceptors (Lipinski definition) is 7. The van der Waals surface area contributed by atoms with E-state index < -0.39 is 23.9 Å². The number of unbranched alkanes of at least 4 members (excludes halogenated alkanes) is 4. The lowest BCUT2D eigenvalue weighted by molar-refractivity contribution is -0.146. The number of carboxylic acids is 2. The van der Waals surface area contributed by atoms with Crippen molar-refractivity contribution in [3.63, 3.8) is 0 Å². The minimum atomic E-state index is -1.33. The summed E-state index contributed by atoms with van der Waals surface area (Å²) in [5, 5.41) is 18.4. The van der Waals surface area contributed by atoms with Gasteiger partial charge in [0.05, 0.1) is 18.1 Å². The van der Waals surface area contributed by atoms with E-state index in [1.54, 1.807) is 31.4 Å². The van der Waals surface area contributed by atoms with Crippen molar-refractivity contribution in [2.24, 2.45) is 0 Å². The minimum absolute atomic E-state index is 0.0337. The molecule has 1 aromatic rings. The van der Waals surface area contributed by atoms with Gasteiger partial charge in [0.2, 0.25) is 0 Å². The number of carboxylic acid groups (broad SMARTS) is 2. The van der Waals surface area contributed by atoms with Crippen molar-refractivity contribution in [1.82, 2.24) is 4.90 Å². The number of amides is 1. The van der Waals surface area contributed by atoms with Gasteiger partial charge in [-0.3, -0.25) is 14.5 Å². The minimum Gasteiger partial charge on any atom is -0.493 e. The molecule has 2 rings (SSSR count). The van der Waals surface area contributed by atoms with Gasteiger partial charge in [-0.15, -0.1) is 0 Å². The van der Waals surface area contributed by atoms with E-state index in [1.807, 2.05) is 6.92 Å². The molecule has 0 radical (unpaired) electrons. The van der Waals surface area contributed by atoms with Crippen LogP contribution in [0.25, 0.3) is 6.08 Å². The Morgan fingerprint density at radius 2 is 1.86 bits per heavy atom. The monoisotopic (exact) mass is 523 g/mol. The maximum Gasteiger partial charge on any atom is 0.326 e. The Labute approximate surface area is 215 Å². The lowest BCUT2D eigenvalue weighted by atomic mass is 10.1. The number of benzene rings is 1. The fourth-order valence-corrected chi connectivity index (χ4v) is 5.06. The van der Waals surface area contributed by atoms with Gasteiger partial charge in [0.15, 0.2) is 11.5 Å². The lowest BCUT2D eigenvalue weighted by Crippen LogP contribution is -2.44. The number of thioether (sulfide) groups is 1. The Morgan fingerprint density at radius 1 is 1.14 bits per heavy atom. The summed E-state index contributed by atoms with van der Waals surface area (Å²) in [7, 11) is 1.54. The molecule has 1 heterocycles.